The van der Waals surface area contributed by atoms with Gasteiger partial charge in [-0.2, -0.15) is 0 Å². The Morgan fingerprint density at radius 2 is 1.84 bits per heavy atom. The Balaban J connectivity index is 1.87. The zero-order valence-corrected chi connectivity index (χ0v) is 17.2. The molecule has 0 amide bonds. The summed E-state index contributed by atoms with van der Waals surface area (Å²) in [7, 11) is -4.31. The molecule has 2 heterocycles. The summed E-state index contributed by atoms with van der Waals surface area (Å²) in [5.74, 6) is -1.46. The molecule has 0 aliphatic carbocycles. The second kappa shape index (κ2) is 7.90. The van der Waals surface area contributed by atoms with Crippen molar-refractivity contribution < 1.29 is 32.2 Å². The topological polar surface area (TPSA) is 102 Å². The lowest BCUT2D eigenvalue weighted by Gasteiger charge is -2.43. The van der Waals surface area contributed by atoms with E-state index < -0.39 is 31.9 Å². The van der Waals surface area contributed by atoms with Gasteiger partial charge in [0, 0.05) is 12.7 Å². The van der Waals surface area contributed by atoms with Crippen molar-refractivity contribution >= 4 is 22.0 Å². The maximum Gasteiger partial charge on any atom is 0.315 e. The van der Waals surface area contributed by atoms with Crippen LogP contribution in [0.3, 0.4) is 0 Å². The fourth-order valence-electron chi connectivity index (χ4n) is 3.97. The molecular weight excluding hydrogens is 425 g/mol. The van der Waals surface area contributed by atoms with Gasteiger partial charge in [-0.1, -0.05) is 18.2 Å². The summed E-state index contributed by atoms with van der Waals surface area (Å²) >= 11 is 0. The van der Waals surface area contributed by atoms with Gasteiger partial charge in [-0.15, -0.1) is 0 Å². The van der Waals surface area contributed by atoms with E-state index in [9.17, 15) is 22.7 Å². The molecule has 7 nitrogen and oxygen atoms in total. The van der Waals surface area contributed by atoms with Crippen molar-refractivity contribution in [3.63, 3.8) is 0 Å². The van der Waals surface area contributed by atoms with Crippen LogP contribution in [0, 0.1) is 11.2 Å². The lowest BCUT2D eigenvalue weighted by molar-refractivity contribution is -0.159. The molecule has 2 unspecified atom stereocenters. The van der Waals surface area contributed by atoms with E-state index in [1.54, 1.807) is 18.2 Å². The van der Waals surface area contributed by atoms with Gasteiger partial charge in [0.05, 0.1) is 17.7 Å². The van der Waals surface area contributed by atoms with Gasteiger partial charge >= 0.3 is 5.97 Å². The minimum Gasteiger partial charge on any atom is -0.481 e. The Kier molecular flexibility index (Phi) is 5.40. The first kappa shape index (κ1) is 21.2. The second-order valence-electron chi connectivity index (χ2n) is 7.42. The molecule has 0 spiro atoms. The SMILES string of the molecule is O=C(O)C1(C2(S(=O)(=O)c3ccccc3)C=C(Oc3ccc(F)cc3)C=N2)CCCOC1. The van der Waals surface area contributed by atoms with Crippen LogP contribution in [0.25, 0.3) is 0 Å². The van der Waals surface area contributed by atoms with Crippen LogP contribution in [0.5, 0.6) is 5.75 Å². The average Bonchev–Trinajstić information content (AvgIpc) is 3.22. The van der Waals surface area contributed by atoms with Crippen LogP contribution >= 0.6 is 0 Å². The molecule has 2 aliphatic heterocycles. The predicted octanol–water partition coefficient (Wildman–Crippen LogP) is 3.22. The summed E-state index contributed by atoms with van der Waals surface area (Å²) < 4.78 is 52.0. The number of sulfone groups is 1. The Hall–Kier alpha value is -3.04. The molecule has 0 aromatic heterocycles. The molecule has 0 radical (unpaired) electrons. The molecular formula is C22H20FNO6S. The minimum atomic E-state index is -4.31. The van der Waals surface area contributed by atoms with E-state index in [0.29, 0.717) is 13.0 Å². The van der Waals surface area contributed by atoms with E-state index in [1.165, 1.54) is 48.7 Å². The van der Waals surface area contributed by atoms with Gasteiger partial charge in [0.15, 0.2) is 0 Å². The van der Waals surface area contributed by atoms with Crippen molar-refractivity contribution in [3.8, 4) is 5.75 Å². The van der Waals surface area contributed by atoms with E-state index in [0.717, 1.165) is 0 Å². The number of hydrogen-bond acceptors (Lipinski definition) is 6. The highest BCUT2D eigenvalue weighted by Crippen LogP contribution is 2.51. The Labute approximate surface area is 178 Å². The number of allylic oxidation sites excluding steroid dienone is 1. The molecule has 4 rings (SSSR count). The number of carboxylic acids is 1. The minimum absolute atomic E-state index is 0.0531. The number of aliphatic imine (C=N–C) groups is 1. The third kappa shape index (κ3) is 3.43. The maximum absolute atomic E-state index is 13.8. The van der Waals surface area contributed by atoms with Crippen LogP contribution in [0.1, 0.15) is 12.8 Å². The second-order valence-corrected chi connectivity index (χ2v) is 9.52. The van der Waals surface area contributed by atoms with Gasteiger partial charge in [-0.3, -0.25) is 9.79 Å². The van der Waals surface area contributed by atoms with Crippen LogP contribution in [-0.4, -0.2) is 43.8 Å². The van der Waals surface area contributed by atoms with Gasteiger partial charge in [-0.05, 0) is 49.2 Å². The van der Waals surface area contributed by atoms with E-state index in [4.69, 9.17) is 9.47 Å². The van der Waals surface area contributed by atoms with Crippen LogP contribution in [-0.2, 0) is 19.4 Å². The van der Waals surface area contributed by atoms with Crippen LogP contribution < -0.4 is 4.74 Å². The van der Waals surface area contributed by atoms with Crippen molar-refractivity contribution in [2.45, 2.75) is 22.6 Å². The number of carbonyl (C=O) groups is 1. The van der Waals surface area contributed by atoms with Gasteiger partial charge in [0.25, 0.3) is 0 Å². The lowest BCUT2D eigenvalue weighted by atomic mass is 9.75. The van der Waals surface area contributed by atoms with Crippen molar-refractivity contribution in [2.24, 2.45) is 10.4 Å². The summed E-state index contributed by atoms with van der Waals surface area (Å²) in [5, 5.41) is 10.2. The molecule has 2 aliphatic rings. The highest BCUT2D eigenvalue weighted by molar-refractivity contribution is 7.93. The molecule has 1 fully saturated rings. The smallest absolute Gasteiger partial charge is 0.315 e. The Bertz CT molecular complexity index is 1140. The molecule has 162 valence electrons. The normalized spacial score (nSPS) is 25.8. The van der Waals surface area contributed by atoms with E-state index in [2.05, 4.69) is 4.99 Å². The summed E-state index contributed by atoms with van der Waals surface area (Å²) in [6.07, 6.45) is 2.85. The number of ether oxygens (including phenoxy) is 2. The molecule has 0 bridgehead atoms. The Morgan fingerprint density at radius 3 is 2.45 bits per heavy atom. The van der Waals surface area contributed by atoms with Crippen LogP contribution in [0.4, 0.5) is 4.39 Å². The fourth-order valence-corrected chi connectivity index (χ4v) is 6.07. The van der Waals surface area contributed by atoms with E-state index >= 15 is 0 Å². The third-order valence-electron chi connectivity index (χ3n) is 5.57. The van der Waals surface area contributed by atoms with Gasteiger partial charge in [-0.25, -0.2) is 12.8 Å². The first-order valence-electron chi connectivity index (χ1n) is 9.63. The number of benzene rings is 2. The molecule has 1 saturated heterocycles. The van der Waals surface area contributed by atoms with E-state index in [-0.39, 0.29) is 29.4 Å². The summed E-state index contributed by atoms with van der Waals surface area (Å²) in [4.78, 5) is 14.6. The number of nitrogens with zero attached hydrogens (tertiary/aromatic N) is 1. The fraction of sp³-hybridized carbons (Fsp3) is 0.273. The standard InChI is InChI=1S/C22H20FNO6S/c23-16-7-9-17(10-8-16)30-18-13-22(24-14-18,21(20(25)26)11-4-12-29-15-21)31(27,28)19-5-2-1-3-6-19/h1-3,5-10,13-14H,4,11-12,15H2,(H,25,26). The Morgan fingerprint density at radius 1 is 1.13 bits per heavy atom. The summed E-state index contributed by atoms with van der Waals surface area (Å²) in [5.41, 5.74) is -1.84. The molecule has 2 aromatic rings. The molecule has 9 heteroatoms. The highest BCUT2D eigenvalue weighted by atomic mass is 32.2. The first-order chi connectivity index (χ1) is 14.8. The van der Waals surface area contributed by atoms with Crippen LogP contribution in [0.2, 0.25) is 0 Å². The van der Waals surface area contributed by atoms with E-state index in [1.807, 2.05) is 0 Å². The summed E-state index contributed by atoms with van der Waals surface area (Å²) in [6.45, 7) is 0.0227. The lowest BCUT2D eigenvalue weighted by Crippen LogP contribution is -2.59. The number of aliphatic carboxylic acids is 1. The van der Waals surface area contributed by atoms with Gasteiger partial charge < -0.3 is 14.6 Å². The van der Waals surface area contributed by atoms with Crippen LogP contribution in [0.15, 0.2) is 76.3 Å². The molecule has 2 aromatic carbocycles. The molecule has 0 saturated carbocycles. The van der Waals surface area contributed by atoms with Crippen molar-refractivity contribution in [2.75, 3.05) is 13.2 Å². The molecule has 31 heavy (non-hydrogen) atoms. The van der Waals surface area contributed by atoms with Crippen molar-refractivity contribution in [3.05, 3.63) is 72.2 Å². The third-order valence-corrected chi connectivity index (χ3v) is 7.90. The predicted molar refractivity (Wildman–Crippen MR) is 110 cm³/mol. The maximum atomic E-state index is 13.8. The van der Waals surface area contributed by atoms with Gasteiger partial charge in [0.1, 0.15) is 22.7 Å². The zero-order chi connectivity index (χ0) is 22.1. The zero-order valence-electron chi connectivity index (χ0n) is 16.4. The number of hydrogen-bond donors (Lipinski definition) is 1. The number of rotatable bonds is 6. The monoisotopic (exact) mass is 445 g/mol. The highest BCUT2D eigenvalue weighted by Gasteiger charge is 2.65. The molecule has 2 atom stereocenters. The average molecular weight is 445 g/mol. The van der Waals surface area contributed by atoms with Crippen molar-refractivity contribution in [1.29, 1.82) is 0 Å². The molecule has 1 N–H and O–H groups in total. The van der Waals surface area contributed by atoms with Gasteiger partial charge in [0.2, 0.25) is 14.7 Å². The summed E-state index contributed by atoms with van der Waals surface area (Å²) in [6, 6.07) is 12.7. The first-order valence-corrected chi connectivity index (χ1v) is 11.1. The number of carboxylic acid groups (broad SMARTS) is 1. The largest absolute Gasteiger partial charge is 0.481 e. The number of halogens is 1. The van der Waals surface area contributed by atoms with Crippen molar-refractivity contribution in [1.82, 2.24) is 0 Å². The quantitative estimate of drug-likeness (QED) is 0.733.